The first-order valence-electron chi connectivity index (χ1n) is 6.25. The molecule has 20 heavy (non-hydrogen) atoms. The number of carboxylic acids is 1. The third-order valence-corrected chi connectivity index (χ3v) is 3.73. The molecule has 0 spiro atoms. The number of amides is 1. The van der Waals surface area contributed by atoms with Gasteiger partial charge < -0.3 is 10.0 Å². The molecule has 0 aliphatic heterocycles. The maximum atomic E-state index is 12.0. The van der Waals surface area contributed by atoms with Gasteiger partial charge in [0.05, 0.1) is 6.04 Å². The van der Waals surface area contributed by atoms with Gasteiger partial charge in [-0.25, -0.2) is 0 Å². The summed E-state index contributed by atoms with van der Waals surface area (Å²) >= 11 is 12.0. The fraction of sp³-hybridized carbons (Fsp3) is 0.429. The second-order valence-corrected chi connectivity index (χ2v) is 5.44. The van der Waals surface area contributed by atoms with Crippen LogP contribution in [0.1, 0.15) is 37.8 Å². The second kappa shape index (κ2) is 7.50. The molecule has 1 rings (SSSR count). The smallest absolute Gasteiger partial charge is 0.303 e. The number of nitrogens with zero attached hydrogens (tertiary/aromatic N) is 1. The standard InChI is InChI=1S/C14H17Cl2NO3/c1-9(11-7-6-10(15)8-12(11)16)17(2)13(18)4-3-5-14(19)20/h6-9H,3-5H2,1-2H3,(H,19,20). The van der Waals surface area contributed by atoms with Crippen LogP contribution in [0.4, 0.5) is 0 Å². The SMILES string of the molecule is CC(c1ccc(Cl)cc1Cl)N(C)C(=O)CCCC(=O)O. The van der Waals surface area contributed by atoms with Gasteiger partial charge in [0.1, 0.15) is 0 Å². The average Bonchev–Trinajstić information content (AvgIpc) is 2.36. The Morgan fingerprint density at radius 2 is 1.95 bits per heavy atom. The maximum absolute atomic E-state index is 12.0. The Hall–Kier alpha value is -1.26. The van der Waals surface area contributed by atoms with Gasteiger partial charge in [-0.15, -0.1) is 0 Å². The van der Waals surface area contributed by atoms with Crippen molar-refractivity contribution in [1.82, 2.24) is 4.90 Å². The summed E-state index contributed by atoms with van der Waals surface area (Å²) in [6.07, 6.45) is 0.535. The number of carbonyl (C=O) groups excluding carboxylic acids is 1. The van der Waals surface area contributed by atoms with Gasteiger partial charge >= 0.3 is 5.97 Å². The average molecular weight is 318 g/mol. The molecule has 1 amide bonds. The summed E-state index contributed by atoms with van der Waals surface area (Å²) in [6, 6.07) is 4.95. The van der Waals surface area contributed by atoms with E-state index < -0.39 is 5.97 Å². The van der Waals surface area contributed by atoms with E-state index in [0.717, 1.165) is 5.56 Å². The van der Waals surface area contributed by atoms with E-state index in [0.29, 0.717) is 16.5 Å². The number of carbonyl (C=O) groups is 2. The van der Waals surface area contributed by atoms with Crippen LogP contribution >= 0.6 is 23.2 Å². The molecule has 0 aliphatic carbocycles. The lowest BCUT2D eigenvalue weighted by molar-refractivity contribution is -0.137. The number of hydrogen-bond donors (Lipinski definition) is 1. The van der Waals surface area contributed by atoms with Crippen molar-refractivity contribution < 1.29 is 14.7 Å². The lowest BCUT2D eigenvalue weighted by atomic mass is 10.1. The molecule has 0 aliphatic rings. The van der Waals surface area contributed by atoms with Crippen molar-refractivity contribution in [3.8, 4) is 0 Å². The Bertz CT molecular complexity index is 505. The zero-order chi connectivity index (χ0) is 15.3. The van der Waals surface area contributed by atoms with E-state index in [4.69, 9.17) is 28.3 Å². The number of halogens is 2. The predicted octanol–water partition coefficient (Wildman–Crippen LogP) is 3.77. The highest BCUT2D eigenvalue weighted by Gasteiger charge is 2.19. The fourth-order valence-corrected chi connectivity index (χ4v) is 2.40. The van der Waals surface area contributed by atoms with Gasteiger partial charge in [0, 0.05) is 29.9 Å². The van der Waals surface area contributed by atoms with Crippen LogP contribution in [0.25, 0.3) is 0 Å². The molecule has 0 radical (unpaired) electrons. The van der Waals surface area contributed by atoms with E-state index >= 15 is 0 Å². The monoisotopic (exact) mass is 317 g/mol. The van der Waals surface area contributed by atoms with Gasteiger partial charge in [-0.2, -0.15) is 0 Å². The van der Waals surface area contributed by atoms with E-state index in [1.807, 2.05) is 6.92 Å². The molecule has 0 saturated carbocycles. The molecule has 0 bridgehead atoms. The zero-order valence-electron chi connectivity index (χ0n) is 11.4. The van der Waals surface area contributed by atoms with Gasteiger partial charge in [-0.1, -0.05) is 29.3 Å². The molecule has 4 nitrogen and oxygen atoms in total. The lowest BCUT2D eigenvalue weighted by Gasteiger charge is -2.26. The molecule has 0 heterocycles. The summed E-state index contributed by atoms with van der Waals surface area (Å²) in [5.74, 6) is -1.00. The van der Waals surface area contributed by atoms with Gasteiger partial charge in [0.25, 0.3) is 0 Å². The van der Waals surface area contributed by atoms with E-state index in [1.54, 1.807) is 30.1 Å². The summed E-state index contributed by atoms with van der Waals surface area (Å²) in [6.45, 7) is 1.87. The maximum Gasteiger partial charge on any atom is 0.303 e. The second-order valence-electron chi connectivity index (χ2n) is 4.59. The van der Waals surface area contributed by atoms with E-state index in [-0.39, 0.29) is 24.8 Å². The number of hydrogen-bond acceptors (Lipinski definition) is 2. The van der Waals surface area contributed by atoms with E-state index in [2.05, 4.69) is 0 Å². The Morgan fingerprint density at radius 3 is 2.50 bits per heavy atom. The molecular weight excluding hydrogens is 301 g/mol. The van der Waals surface area contributed by atoms with Crippen LogP contribution in [0.3, 0.4) is 0 Å². The van der Waals surface area contributed by atoms with Crippen molar-refractivity contribution in [2.45, 2.75) is 32.2 Å². The zero-order valence-corrected chi connectivity index (χ0v) is 12.9. The minimum absolute atomic E-state index is 0.00430. The quantitative estimate of drug-likeness (QED) is 0.868. The van der Waals surface area contributed by atoms with Gasteiger partial charge in [0.2, 0.25) is 5.91 Å². The number of benzene rings is 1. The fourth-order valence-electron chi connectivity index (χ4n) is 1.83. The van der Waals surface area contributed by atoms with Gasteiger partial charge in [0.15, 0.2) is 0 Å². The van der Waals surface area contributed by atoms with Gasteiger partial charge in [-0.05, 0) is 31.0 Å². The highest BCUT2D eigenvalue weighted by molar-refractivity contribution is 6.35. The number of rotatable bonds is 6. The molecule has 110 valence electrons. The molecule has 0 aromatic heterocycles. The molecule has 1 unspecified atom stereocenters. The van der Waals surface area contributed by atoms with Crippen molar-refractivity contribution in [3.63, 3.8) is 0 Å². The van der Waals surface area contributed by atoms with Crippen LogP contribution in [0.2, 0.25) is 10.0 Å². The first kappa shape index (κ1) is 16.8. The summed E-state index contributed by atoms with van der Waals surface area (Å²) in [5, 5.41) is 9.61. The highest BCUT2D eigenvalue weighted by Crippen LogP contribution is 2.29. The van der Waals surface area contributed by atoms with Crippen LogP contribution in [-0.2, 0) is 9.59 Å². The molecule has 6 heteroatoms. The summed E-state index contributed by atoms with van der Waals surface area (Å²) in [7, 11) is 1.68. The van der Waals surface area contributed by atoms with E-state index in [1.165, 1.54) is 0 Å². The Morgan fingerprint density at radius 1 is 1.30 bits per heavy atom. The molecule has 1 N–H and O–H groups in total. The summed E-state index contributed by atoms with van der Waals surface area (Å²) in [5.41, 5.74) is 0.810. The molecule has 0 fully saturated rings. The highest BCUT2D eigenvalue weighted by atomic mass is 35.5. The first-order valence-corrected chi connectivity index (χ1v) is 7.01. The predicted molar refractivity (Wildman–Crippen MR) is 79.1 cm³/mol. The minimum Gasteiger partial charge on any atom is -0.481 e. The van der Waals surface area contributed by atoms with Crippen LogP contribution in [0.15, 0.2) is 18.2 Å². The molecule has 0 saturated heterocycles. The van der Waals surface area contributed by atoms with Crippen molar-refractivity contribution in [2.75, 3.05) is 7.05 Å². The van der Waals surface area contributed by atoms with Crippen LogP contribution in [0, 0.1) is 0 Å². The van der Waals surface area contributed by atoms with Crippen LogP contribution in [0.5, 0.6) is 0 Å². The van der Waals surface area contributed by atoms with Crippen molar-refractivity contribution in [1.29, 1.82) is 0 Å². The van der Waals surface area contributed by atoms with Crippen molar-refractivity contribution in [2.24, 2.45) is 0 Å². The summed E-state index contributed by atoms with van der Waals surface area (Å²) in [4.78, 5) is 24.0. The Balaban J connectivity index is 2.68. The number of aliphatic carboxylic acids is 1. The molecule has 1 atom stereocenters. The number of carboxylic acid groups (broad SMARTS) is 1. The molecular formula is C14H17Cl2NO3. The normalized spacial score (nSPS) is 12.0. The third kappa shape index (κ3) is 4.69. The van der Waals surface area contributed by atoms with Crippen LogP contribution in [-0.4, -0.2) is 28.9 Å². The van der Waals surface area contributed by atoms with Crippen molar-refractivity contribution in [3.05, 3.63) is 33.8 Å². The molecule has 1 aromatic carbocycles. The summed E-state index contributed by atoms with van der Waals surface area (Å²) < 4.78 is 0. The lowest BCUT2D eigenvalue weighted by Crippen LogP contribution is -2.29. The Kier molecular flexibility index (Phi) is 6.30. The largest absolute Gasteiger partial charge is 0.481 e. The molecule has 1 aromatic rings. The van der Waals surface area contributed by atoms with Crippen LogP contribution < -0.4 is 0 Å². The minimum atomic E-state index is -0.894. The van der Waals surface area contributed by atoms with Crippen molar-refractivity contribution >= 4 is 35.1 Å². The topological polar surface area (TPSA) is 57.6 Å². The third-order valence-electron chi connectivity index (χ3n) is 3.17. The van der Waals surface area contributed by atoms with Gasteiger partial charge in [-0.3, -0.25) is 9.59 Å². The first-order chi connectivity index (χ1) is 9.32. The van der Waals surface area contributed by atoms with E-state index in [9.17, 15) is 9.59 Å². The Labute approximate surface area is 128 Å².